The van der Waals surface area contributed by atoms with Crippen molar-refractivity contribution in [2.45, 2.75) is 105 Å². The third-order valence-corrected chi connectivity index (χ3v) is 11.0. The topological polar surface area (TPSA) is 55.3 Å². The molecule has 0 aliphatic carbocycles. The number of phenolic OH excluding ortho intramolecular Hbond substituents is 1. The first kappa shape index (κ1) is 43.3. The summed E-state index contributed by atoms with van der Waals surface area (Å²) in [5, 5.41) is 11.8. The first-order chi connectivity index (χ1) is 27.1. The van der Waals surface area contributed by atoms with Gasteiger partial charge in [0.15, 0.2) is 5.69 Å². The van der Waals surface area contributed by atoms with Gasteiger partial charge in [-0.3, -0.25) is 9.97 Å². The third kappa shape index (κ3) is 8.71. The number of fused-ring (bicyclic) bond motifs is 1. The van der Waals surface area contributed by atoms with Crippen molar-refractivity contribution in [3.8, 4) is 56.5 Å². The molecule has 0 atom stereocenters. The zero-order valence-corrected chi connectivity index (χ0v) is 38.7. The van der Waals surface area contributed by atoms with E-state index < -0.39 is 0 Å². The number of nitrogens with zero attached hydrogens (tertiary/aromatic N) is 4. The molecule has 304 valence electrons. The van der Waals surface area contributed by atoms with Crippen LogP contribution in [-0.2, 0) is 42.7 Å². The van der Waals surface area contributed by atoms with E-state index in [4.69, 9.17) is 16.5 Å². The Morgan fingerprint density at radius 3 is 1.80 bits per heavy atom. The molecule has 7 rings (SSSR count). The van der Waals surface area contributed by atoms with Crippen molar-refractivity contribution in [1.82, 2.24) is 14.5 Å². The van der Waals surface area contributed by atoms with Crippen LogP contribution in [0.5, 0.6) is 5.75 Å². The van der Waals surface area contributed by atoms with Gasteiger partial charge in [0.1, 0.15) is 5.75 Å². The minimum Gasteiger partial charge on any atom is -0.507 e. The van der Waals surface area contributed by atoms with Gasteiger partial charge in [0.2, 0.25) is 0 Å². The summed E-state index contributed by atoms with van der Waals surface area (Å²) in [4.78, 5) is 14.4. The Morgan fingerprint density at radius 1 is 0.576 bits per heavy atom. The van der Waals surface area contributed by atoms with E-state index in [-0.39, 0.29) is 48.5 Å². The van der Waals surface area contributed by atoms with Gasteiger partial charge < -0.3 is 9.67 Å². The minimum absolute atomic E-state index is 0. The summed E-state index contributed by atoms with van der Waals surface area (Å²) < 4.78 is 2.29. The number of aromatic nitrogens is 3. The summed E-state index contributed by atoms with van der Waals surface area (Å²) in [6, 6.07) is 41.7. The standard InChI is InChI=1S/C53H55N4O.Pt/c1-50(2,3)36-23-24-46(40(28-36)33-19-15-14-16-20-33)57-47-22-18-17-21-43(47)56-49(57)35-25-34(26-37(27-35)51(4,5)6)44-29-38(52(7,8)9)30-45(55-44)41-31-39(54-13)32-42(48(41)58)53(10,11)12;/h14-24,26-32,58H,1-12H3;/q-1;. The van der Waals surface area contributed by atoms with Crippen LogP contribution < -0.4 is 0 Å². The predicted octanol–water partition coefficient (Wildman–Crippen LogP) is 14.3. The van der Waals surface area contributed by atoms with E-state index in [0.717, 1.165) is 61.6 Å². The van der Waals surface area contributed by atoms with Crippen LogP contribution in [0, 0.1) is 12.6 Å². The van der Waals surface area contributed by atoms with Gasteiger partial charge in [0.05, 0.1) is 29.1 Å². The van der Waals surface area contributed by atoms with E-state index in [9.17, 15) is 5.11 Å². The second-order valence-corrected chi connectivity index (χ2v) is 19.7. The molecule has 0 amide bonds. The van der Waals surface area contributed by atoms with Crippen LogP contribution in [0.1, 0.15) is 105 Å². The number of imidazole rings is 1. The van der Waals surface area contributed by atoms with Gasteiger partial charge in [-0.1, -0.05) is 149 Å². The van der Waals surface area contributed by atoms with Crippen LogP contribution in [0.25, 0.3) is 66.6 Å². The molecule has 1 N–H and O–H groups in total. The Labute approximate surface area is 365 Å². The second kappa shape index (κ2) is 15.7. The van der Waals surface area contributed by atoms with E-state index in [1.54, 1.807) is 12.1 Å². The van der Waals surface area contributed by atoms with E-state index in [0.29, 0.717) is 22.5 Å². The molecule has 0 spiro atoms. The number of aromatic hydroxyl groups is 1. The number of phenols is 1. The summed E-state index contributed by atoms with van der Waals surface area (Å²) in [5.41, 5.74) is 12.6. The zero-order valence-electron chi connectivity index (χ0n) is 36.4. The van der Waals surface area contributed by atoms with E-state index >= 15 is 0 Å². The number of hydrogen-bond acceptors (Lipinski definition) is 3. The molecule has 7 aromatic rings. The first-order valence-corrected chi connectivity index (χ1v) is 20.2. The van der Waals surface area contributed by atoms with Crippen molar-refractivity contribution >= 4 is 16.7 Å². The van der Waals surface area contributed by atoms with Crippen molar-refractivity contribution in [3.63, 3.8) is 0 Å². The predicted molar refractivity (Wildman–Crippen MR) is 242 cm³/mol. The molecule has 0 fully saturated rings. The largest absolute Gasteiger partial charge is 0.507 e. The Balaban J connectivity index is 0.00000585. The molecule has 0 saturated heterocycles. The van der Waals surface area contributed by atoms with E-state index in [1.807, 2.05) is 26.8 Å². The number of hydrogen-bond donors (Lipinski definition) is 1. The molecule has 0 bridgehead atoms. The number of pyridine rings is 1. The van der Waals surface area contributed by atoms with Crippen LogP contribution in [-0.4, -0.2) is 19.6 Å². The summed E-state index contributed by atoms with van der Waals surface area (Å²) in [6.07, 6.45) is 0. The molecule has 5 aromatic carbocycles. The normalized spacial score (nSPS) is 12.3. The minimum atomic E-state index is -0.382. The van der Waals surface area contributed by atoms with E-state index in [2.05, 4.69) is 169 Å². The molecule has 0 aliphatic heterocycles. The van der Waals surface area contributed by atoms with Crippen molar-refractivity contribution in [1.29, 1.82) is 0 Å². The average Bonchev–Trinajstić information content (AvgIpc) is 3.56. The van der Waals surface area contributed by atoms with Crippen LogP contribution in [0.2, 0.25) is 0 Å². The molecule has 59 heavy (non-hydrogen) atoms. The van der Waals surface area contributed by atoms with Crippen molar-refractivity contribution in [3.05, 3.63) is 149 Å². The fourth-order valence-electron chi connectivity index (χ4n) is 7.45. The molecule has 2 heterocycles. The van der Waals surface area contributed by atoms with Crippen molar-refractivity contribution in [2.75, 3.05) is 0 Å². The summed E-state index contributed by atoms with van der Waals surface area (Å²) in [6.45, 7) is 34.1. The van der Waals surface area contributed by atoms with Crippen LogP contribution in [0.15, 0.2) is 109 Å². The molecule has 0 radical (unpaired) electrons. The first-order valence-electron chi connectivity index (χ1n) is 20.2. The van der Waals surface area contributed by atoms with Gasteiger partial charge in [-0.2, -0.15) is 0 Å². The van der Waals surface area contributed by atoms with Crippen LogP contribution in [0.4, 0.5) is 5.69 Å². The summed E-state index contributed by atoms with van der Waals surface area (Å²) >= 11 is 0. The molecular weight excluding hydrogens is 904 g/mol. The van der Waals surface area contributed by atoms with Gasteiger partial charge in [-0.05, 0) is 86.4 Å². The maximum atomic E-state index is 11.8. The maximum Gasteiger partial charge on any atom is 0.188 e. The maximum absolute atomic E-state index is 11.8. The molecule has 0 unspecified atom stereocenters. The zero-order chi connectivity index (χ0) is 41.9. The van der Waals surface area contributed by atoms with Gasteiger partial charge in [-0.25, -0.2) is 4.85 Å². The van der Waals surface area contributed by atoms with Crippen molar-refractivity contribution < 1.29 is 26.2 Å². The average molecular weight is 959 g/mol. The van der Waals surface area contributed by atoms with Crippen molar-refractivity contribution in [2.24, 2.45) is 0 Å². The molecule has 6 heteroatoms. The van der Waals surface area contributed by atoms with Crippen LogP contribution >= 0.6 is 0 Å². The molecule has 0 saturated carbocycles. The summed E-state index contributed by atoms with van der Waals surface area (Å²) in [5.74, 6) is 0.941. The van der Waals surface area contributed by atoms with Gasteiger partial charge in [0.25, 0.3) is 0 Å². The van der Waals surface area contributed by atoms with Gasteiger partial charge >= 0.3 is 0 Å². The van der Waals surface area contributed by atoms with E-state index in [1.165, 1.54) is 5.56 Å². The quantitative estimate of drug-likeness (QED) is 0.175. The Hall–Kier alpha value is -5.30. The Morgan fingerprint density at radius 2 is 1.17 bits per heavy atom. The monoisotopic (exact) mass is 958 g/mol. The summed E-state index contributed by atoms with van der Waals surface area (Å²) in [7, 11) is 0. The molecular formula is C53H55N4OPt-. The number of rotatable bonds is 5. The Bertz CT molecular complexity index is 2730. The second-order valence-electron chi connectivity index (χ2n) is 19.7. The Kier molecular flexibility index (Phi) is 11.5. The fraction of sp³-hybridized carbons (Fsp3) is 0.302. The fourth-order valence-corrected chi connectivity index (χ4v) is 7.45. The number of benzene rings is 5. The van der Waals surface area contributed by atoms with Gasteiger partial charge in [-0.15, -0.1) is 23.8 Å². The smallest absolute Gasteiger partial charge is 0.188 e. The number of para-hydroxylation sites is 2. The molecule has 5 nitrogen and oxygen atoms in total. The van der Waals surface area contributed by atoms with Crippen LogP contribution in [0.3, 0.4) is 0 Å². The third-order valence-electron chi connectivity index (χ3n) is 11.0. The molecule has 2 aromatic heterocycles. The van der Waals surface area contributed by atoms with Gasteiger partial charge in [0, 0.05) is 43.6 Å². The SMILES string of the molecule is [C-]#[N+]c1cc(-c2cc(C(C)(C)C)cc(-c3[c-]c(-c4nc5ccccc5n4-c4ccc(C(C)(C)C)cc4-c4ccccc4)cc(C(C)(C)C)c3)n2)c(O)c(C(C)(C)C)c1.[Pt]. The molecule has 0 aliphatic rings.